The summed E-state index contributed by atoms with van der Waals surface area (Å²) in [6.07, 6.45) is 2.42. The van der Waals surface area contributed by atoms with Crippen LogP contribution in [0.3, 0.4) is 0 Å². The summed E-state index contributed by atoms with van der Waals surface area (Å²) >= 11 is 1.97. The molecule has 1 saturated heterocycles. The van der Waals surface area contributed by atoms with Gasteiger partial charge in [-0.05, 0) is 37.7 Å². The number of amides is 1. The second kappa shape index (κ2) is 6.81. The van der Waals surface area contributed by atoms with Crippen LogP contribution in [-0.4, -0.2) is 29.5 Å². The van der Waals surface area contributed by atoms with E-state index >= 15 is 0 Å². The number of carbonyl (C=O) groups excluding carboxylic acids is 1. The Balaban J connectivity index is 1.81. The van der Waals surface area contributed by atoms with Crippen molar-refractivity contribution >= 4 is 23.4 Å². The predicted molar refractivity (Wildman–Crippen MR) is 78.0 cm³/mol. The zero-order valence-electron chi connectivity index (χ0n) is 10.7. The van der Waals surface area contributed by atoms with Crippen molar-refractivity contribution in [1.82, 2.24) is 5.32 Å². The maximum Gasteiger partial charge on any atom is 0.241 e. The fourth-order valence-electron chi connectivity index (χ4n) is 2.07. The summed E-state index contributed by atoms with van der Waals surface area (Å²) in [5, 5.41) is 6.33. The first-order chi connectivity index (χ1) is 8.75. The number of hydrogen-bond acceptors (Lipinski definition) is 3. The number of para-hydroxylation sites is 1. The van der Waals surface area contributed by atoms with Crippen molar-refractivity contribution in [3.8, 4) is 0 Å². The summed E-state index contributed by atoms with van der Waals surface area (Å²) in [6, 6.07) is 9.92. The molecule has 1 aromatic carbocycles. The molecule has 4 heteroatoms. The number of hydrogen-bond donors (Lipinski definition) is 2. The van der Waals surface area contributed by atoms with Crippen LogP contribution in [0.5, 0.6) is 0 Å². The van der Waals surface area contributed by atoms with Crippen LogP contribution in [0.25, 0.3) is 0 Å². The van der Waals surface area contributed by atoms with Crippen molar-refractivity contribution in [2.24, 2.45) is 0 Å². The van der Waals surface area contributed by atoms with E-state index in [0.717, 1.165) is 11.4 Å². The molecule has 0 radical (unpaired) electrons. The molecule has 1 heterocycles. The third kappa shape index (κ3) is 4.03. The number of nitrogens with one attached hydrogen (secondary N) is 2. The Hall–Kier alpha value is -1.00. The largest absolute Gasteiger partial charge is 0.325 e. The van der Waals surface area contributed by atoms with Gasteiger partial charge >= 0.3 is 0 Å². The van der Waals surface area contributed by atoms with Crippen LogP contribution in [0, 0.1) is 0 Å². The fraction of sp³-hybridized carbons (Fsp3) is 0.500. The van der Waals surface area contributed by atoms with Crippen molar-refractivity contribution in [2.75, 3.05) is 16.8 Å². The molecule has 98 valence electrons. The molecule has 1 fully saturated rings. The van der Waals surface area contributed by atoms with E-state index in [4.69, 9.17) is 0 Å². The summed E-state index contributed by atoms with van der Waals surface area (Å²) < 4.78 is 0. The fourth-order valence-corrected chi connectivity index (χ4v) is 3.16. The quantitative estimate of drug-likeness (QED) is 0.878. The first kappa shape index (κ1) is 13.4. The highest BCUT2D eigenvalue weighted by molar-refractivity contribution is 7.99. The lowest BCUT2D eigenvalue weighted by molar-refractivity contribution is -0.117. The van der Waals surface area contributed by atoms with E-state index in [1.807, 2.05) is 49.0 Å². The third-order valence-corrected chi connectivity index (χ3v) is 4.30. The van der Waals surface area contributed by atoms with Crippen molar-refractivity contribution in [2.45, 2.75) is 31.8 Å². The molecule has 2 N–H and O–H groups in total. The van der Waals surface area contributed by atoms with Gasteiger partial charge in [-0.15, -0.1) is 0 Å². The smallest absolute Gasteiger partial charge is 0.241 e. The third-order valence-electron chi connectivity index (χ3n) is 3.08. The van der Waals surface area contributed by atoms with E-state index in [0.29, 0.717) is 6.04 Å². The summed E-state index contributed by atoms with van der Waals surface area (Å²) in [4.78, 5) is 12.0. The van der Waals surface area contributed by atoms with Crippen LogP contribution < -0.4 is 10.6 Å². The van der Waals surface area contributed by atoms with Crippen molar-refractivity contribution in [1.29, 1.82) is 0 Å². The lowest BCUT2D eigenvalue weighted by Crippen LogP contribution is -2.45. The van der Waals surface area contributed by atoms with Gasteiger partial charge in [-0.3, -0.25) is 4.79 Å². The Bertz CT molecular complexity index is 377. The van der Waals surface area contributed by atoms with E-state index in [-0.39, 0.29) is 11.9 Å². The lowest BCUT2D eigenvalue weighted by atomic mass is 10.1. The molecule has 3 nitrogen and oxygen atoms in total. The zero-order chi connectivity index (χ0) is 12.8. The molecule has 1 aliphatic heterocycles. The van der Waals surface area contributed by atoms with Gasteiger partial charge in [0.25, 0.3) is 0 Å². The molecule has 2 rings (SSSR count). The average molecular weight is 264 g/mol. The Kier molecular flexibility index (Phi) is 5.08. The highest BCUT2D eigenvalue weighted by Crippen LogP contribution is 2.17. The van der Waals surface area contributed by atoms with E-state index < -0.39 is 0 Å². The Labute approximate surface area is 113 Å². The molecule has 1 aliphatic rings. The van der Waals surface area contributed by atoms with Gasteiger partial charge in [0, 0.05) is 17.5 Å². The molecule has 0 spiro atoms. The van der Waals surface area contributed by atoms with Crippen LogP contribution in [0.4, 0.5) is 5.69 Å². The topological polar surface area (TPSA) is 41.1 Å². The maximum atomic E-state index is 12.0. The number of carbonyl (C=O) groups is 1. The van der Waals surface area contributed by atoms with Crippen molar-refractivity contribution in [3.63, 3.8) is 0 Å². The molecule has 0 bridgehead atoms. The number of thioether (sulfide) groups is 1. The molecule has 1 amide bonds. The molecular weight excluding hydrogens is 244 g/mol. The number of anilines is 1. The van der Waals surface area contributed by atoms with Crippen LogP contribution in [-0.2, 0) is 4.79 Å². The monoisotopic (exact) mass is 264 g/mol. The minimum absolute atomic E-state index is 0.0387. The molecule has 0 saturated carbocycles. The minimum Gasteiger partial charge on any atom is -0.325 e. The number of benzene rings is 1. The van der Waals surface area contributed by atoms with Crippen LogP contribution in [0.1, 0.15) is 19.8 Å². The van der Waals surface area contributed by atoms with E-state index in [9.17, 15) is 4.79 Å². The second-order valence-electron chi connectivity index (χ2n) is 4.66. The van der Waals surface area contributed by atoms with Gasteiger partial charge < -0.3 is 10.6 Å². The standard InChI is InChI=1S/C14H20N2OS/c1-11(15-13-8-5-9-18-10-13)14(17)16-12-6-3-2-4-7-12/h2-4,6-7,11,13,15H,5,8-10H2,1H3,(H,16,17)/t11-,13-/m1/s1. The lowest BCUT2D eigenvalue weighted by Gasteiger charge is -2.25. The summed E-state index contributed by atoms with van der Waals surface area (Å²) in [5.41, 5.74) is 0.856. The van der Waals surface area contributed by atoms with Gasteiger partial charge in [-0.2, -0.15) is 11.8 Å². The molecule has 0 aromatic heterocycles. The van der Waals surface area contributed by atoms with Gasteiger partial charge in [-0.25, -0.2) is 0 Å². The van der Waals surface area contributed by atoms with Crippen LogP contribution in [0.15, 0.2) is 30.3 Å². The predicted octanol–water partition coefficient (Wildman–Crippen LogP) is 2.50. The molecule has 0 aliphatic carbocycles. The highest BCUT2D eigenvalue weighted by Gasteiger charge is 2.19. The molecule has 2 atom stereocenters. The minimum atomic E-state index is -0.145. The SMILES string of the molecule is C[C@@H](N[C@@H]1CCCSC1)C(=O)Nc1ccccc1. The molecule has 18 heavy (non-hydrogen) atoms. The summed E-state index contributed by atoms with van der Waals surface area (Å²) in [7, 11) is 0. The molecule has 0 unspecified atom stereocenters. The van der Waals surface area contributed by atoms with Gasteiger partial charge in [0.1, 0.15) is 0 Å². The van der Waals surface area contributed by atoms with E-state index in [1.165, 1.54) is 18.6 Å². The Morgan fingerprint density at radius 3 is 2.83 bits per heavy atom. The van der Waals surface area contributed by atoms with E-state index in [1.54, 1.807) is 0 Å². The van der Waals surface area contributed by atoms with Crippen molar-refractivity contribution < 1.29 is 4.79 Å². The normalized spacial score (nSPS) is 21.3. The average Bonchev–Trinajstić information content (AvgIpc) is 2.41. The highest BCUT2D eigenvalue weighted by atomic mass is 32.2. The van der Waals surface area contributed by atoms with Crippen molar-refractivity contribution in [3.05, 3.63) is 30.3 Å². The summed E-state index contributed by atoms with van der Waals surface area (Å²) in [5.74, 6) is 2.41. The Morgan fingerprint density at radius 1 is 1.39 bits per heavy atom. The van der Waals surface area contributed by atoms with Gasteiger partial charge in [0.2, 0.25) is 5.91 Å². The Morgan fingerprint density at radius 2 is 2.17 bits per heavy atom. The zero-order valence-corrected chi connectivity index (χ0v) is 11.5. The van der Waals surface area contributed by atoms with Gasteiger partial charge in [0.05, 0.1) is 6.04 Å². The van der Waals surface area contributed by atoms with E-state index in [2.05, 4.69) is 10.6 Å². The molecular formula is C14H20N2OS. The number of rotatable bonds is 4. The van der Waals surface area contributed by atoms with Crippen LogP contribution >= 0.6 is 11.8 Å². The van der Waals surface area contributed by atoms with Crippen LogP contribution in [0.2, 0.25) is 0 Å². The first-order valence-corrected chi connectivity index (χ1v) is 7.61. The van der Waals surface area contributed by atoms with Gasteiger partial charge in [0.15, 0.2) is 0 Å². The maximum absolute atomic E-state index is 12.0. The second-order valence-corrected chi connectivity index (χ2v) is 5.81. The molecule has 1 aromatic rings. The first-order valence-electron chi connectivity index (χ1n) is 6.45. The van der Waals surface area contributed by atoms with Gasteiger partial charge in [-0.1, -0.05) is 18.2 Å². The summed E-state index contributed by atoms with van der Waals surface area (Å²) in [6.45, 7) is 1.93.